The van der Waals surface area contributed by atoms with Crippen LogP contribution in [-0.4, -0.2) is 44.9 Å². The van der Waals surface area contributed by atoms with Gasteiger partial charge in [-0.15, -0.1) is 0 Å². The van der Waals surface area contributed by atoms with Crippen molar-refractivity contribution in [3.05, 3.63) is 12.2 Å². The van der Waals surface area contributed by atoms with Gasteiger partial charge in [0.05, 0.1) is 0 Å². The predicted molar refractivity (Wildman–Crippen MR) is 58.7 cm³/mol. The topological polar surface area (TPSA) is 61.4 Å². The molecular formula is C9H17N3O2S. The Morgan fingerprint density at radius 3 is 2.40 bits per heavy atom. The Kier molecular flexibility index (Phi) is 3.40. The van der Waals surface area contributed by atoms with Crippen LogP contribution in [0.2, 0.25) is 0 Å². The van der Waals surface area contributed by atoms with Crippen molar-refractivity contribution in [3.8, 4) is 0 Å². The third kappa shape index (κ3) is 2.78. The zero-order chi connectivity index (χ0) is 10.7. The summed E-state index contributed by atoms with van der Waals surface area (Å²) in [6.07, 6.45) is 5.66. The van der Waals surface area contributed by atoms with Gasteiger partial charge in [-0.05, 0) is 12.8 Å². The van der Waals surface area contributed by atoms with Crippen molar-refractivity contribution in [2.75, 3.05) is 26.2 Å². The van der Waals surface area contributed by atoms with Crippen LogP contribution in [0.3, 0.4) is 0 Å². The summed E-state index contributed by atoms with van der Waals surface area (Å²) in [4.78, 5) is 0. The molecule has 0 bridgehead atoms. The zero-order valence-corrected chi connectivity index (χ0v) is 9.46. The van der Waals surface area contributed by atoms with E-state index < -0.39 is 10.2 Å². The second-order valence-electron chi connectivity index (χ2n) is 3.91. The van der Waals surface area contributed by atoms with E-state index in [1.54, 1.807) is 0 Å². The quantitative estimate of drug-likeness (QED) is 0.640. The van der Waals surface area contributed by atoms with E-state index in [-0.39, 0.29) is 6.04 Å². The molecule has 1 saturated heterocycles. The molecule has 1 fully saturated rings. The van der Waals surface area contributed by atoms with Crippen LogP contribution in [0.5, 0.6) is 0 Å². The second-order valence-corrected chi connectivity index (χ2v) is 5.61. The molecule has 0 aromatic heterocycles. The van der Waals surface area contributed by atoms with E-state index in [1.807, 2.05) is 12.2 Å². The summed E-state index contributed by atoms with van der Waals surface area (Å²) >= 11 is 0. The van der Waals surface area contributed by atoms with Gasteiger partial charge in [0.2, 0.25) is 0 Å². The van der Waals surface area contributed by atoms with E-state index >= 15 is 0 Å². The first-order chi connectivity index (χ1) is 7.18. The number of nitrogens with zero attached hydrogens (tertiary/aromatic N) is 1. The molecule has 1 heterocycles. The molecular weight excluding hydrogens is 214 g/mol. The largest absolute Gasteiger partial charge is 0.314 e. The van der Waals surface area contributed by atoms with Crippen molar-refractivity contribution < 1.29 is 8.42 Å². The highest BCUT2D eigenvalue weighted by atomic mass is 32.2. The number of hydrogen-bond donors (Lipinski definition) is 2. The summed E-state index contributed by atoms with van der Waals surface area (Å²) in [5.74, 6) is 0. The normalized spacial score (nSPS) is 24.8. The van der Waals surface area contributed by atoms with Gasteiger partial charge in [-0.2, -0.15) is 17.4 Å². The molecule has 0 aromatic carbocycles. The van der Waals surface area contributed by atoms with Crippen LogP contribution < -0.4 is 10.0 Å². The molecule has 0 spiro atoms. The fourth-order valence-electron chi connectivity index (χ4n) is 1.88. The first-order valence-corrected chi connectivity index (χ1v) is 6.75. The Hall–Kier alpha value is -0.430. The first-order valence-electron chi connectivity index (χ1n) is 5.31. The van der Waals surface area contributed by atoms with Gasteiger partial charge in [0.15, 0.2) is 0 Å². The Labute approximate surface area is 90.7 Å². The van der Waals surface area contributed by atoms with Crippen molar-refractivity contribution in [1.29, 1.82) is 0 Å². The molecule has 0 aromatic rings. The number of nitrogens with one attached hydrogen (secondary N) is 2. The molecule has 0 amide bonds. The summed E-state index contributed by atoms with van der Waals surface area (Å²) in [5, 5.41) is 3.13. The second kappa shape index (κ2) is 4.61. The predicted octanol–water partition coefficient (Wildman–Crippen LogP) is -0.555. The number of rotatable bonds is 3. The Bertz CT molecular complexity index is 325. The number of piperazine rings is 1. The first kappa shape index (κ1) is 11.1. The smallest absolute Gasteiger partial charge is 0.279 e. The van der Waals surface area contributed by atoms with Crippen molar-refractivity contribution in [1.82, 2.24) is 14.3 Å². The maximum absolute atomic E-state index is 11.9. The number of hydrogen-bond acceptors (Lipinski definition) is 3. The standard InChI is InChI=1S/C9H17N3O2S/c13-15(14,11-9-3-1-2-4-9)12-7-5-10-6-8-12/h1-2,9-11H,3-8H2. The van der Waals surface area contributed by atoms with E-state index in [0.29, 0.717) is 13.1 Å². The average molecular weight is 231 g/mol. The minimum Gasteiger partial charge on any atom is -0.314 e. The van der Waals surface area contributed by atoms with Crippen LogP contribution in [0.25, 0.3) is 0 Å². The van der Waals surface area contributed by atoms with Crippen LogP contribution in [0, 0.1) is 0 Å². The summed E-state index contributed by atoms with van der Waals surface area (Å²) in [6, 6.07) is 0.0601. The van der Waals surface area contributed by atoms with Gasteiger partial charge in [-0.3, -0.25) is 0 Å². The molecule has 86 valence electrons. The van der Waals surface area contributed by atoms with Gasteiger partial charge in [-0.1, -0.05) is 12.2 Å². The summed E-state index contributed by atoms with van der Waals surface area (Å²) in [7, 11) is -3.26. The highest BCUT2D eigenvalue weighted by Gasteiger charge is 2.26. The molecule has 2 rings (SSSR count). The van der Waals surface area contributed by atoms with E-state index in [9.17, 15) is 8.42 Å². The van der Waals surface area contributed by atoms with Crippen molar-refractivity contribution in [2.45, 2.75) is 18.9 Å². The fraction of sp³-hybridized carbons (Fsp3) is 0.778. The molecule has 2 N–H and O–H groups in total. The Morgan fingerprint density at radius 2 is 1.80 bits per heavy atom. The van der Waals surface area contributed by atoms with Crippen LogP contribution in [0.4, 0.5) is 0 Å². The van der Waals surface area contributed by atoms with Crippen molar-refractivity contribution in [3.63, 3.8) is 0 Å². The van der Waals surface area contributed by atoms with Gasteiger partial charge in [0.25, 0.3) is 10.2 Å². The van der Waals surface area contributed by atoms with E-state index in [0.717, 1.165) is 25.9 Å². The molecule has 6 heteroatoms. The van der Waals surface area contributed by atoms with Crippen LogP contribution in [0.15, 0.2) is 12.2 Å². The lowest BCUT2D eigenvalue weighted by molar-refractivity contribution is 0.351. The lowest BCUT2D eigenvalue weighted by Gasteiger charge is -2.28. The van der Waals surface area contributed by atoms with Crippen LogP contribution in [0.1, 0.15) is 12.8 Å². The van der Waals surface area contributed by atoms with E-state index in [2.05, 4.69) is 10.0 Å². The molecule has 0 saturated carbocycles. The highest BCUT2D eigenvalue weighted by molar-refractivity contribution is 7.87. The van der Waals surface area contributed by atoms with Gasteiger partial charge in [0, 0.05) is 32.2 Å². The van der Waals surface area contributed by atoms with Gasteiger partial charge in [-0.25, -0.2) is 0 Å². The third-order valence-electron chi connectivity index (χ3n) is 2.74. The average Bonchev–Trinajstić information content (AvgIpc) is 2.71. The fourth-order valence-corrected chi connectivity index (χ4v) is 3.31. The van der Waals surface area contributed by atoms with Crippen molar-refractivity contribution in [2.24, 2.45) is 0 Å². The monoisotopic (exact) mass is 231 g/mol. The van der Waals surface area contributed by atoms with E-state index in [1.165, 1.54) is 4.31 Å². The highest BCUT2D eigenvalue weighted by Crippen LogP contribution is 2.12. The van der Waals surface area contributed by atoms with Crippen LogP contribution >= 0.6 is 0 Å². The minimum absolute atomic E-state index is 0.0601. The maximum atomic E-state index is 11.9. The lowest BCUT2D eigenvalue weighted by Crippen LogP contribution is -2.52. The minimum atomic E-state index is -3.26. The molecule has 1 aliphatic carbocycles. The molecule has 0 radical (unpaired) electrons. The molecule has 0 unspecified atom stereocenters. The lowest BCUT2D eigenvalue weighted by atomic mass is 10.3. The van der Waals surface area contributed by atoms with Gasteiger partial charge >= 0.3 is 0 Å². The molecule has 2 aliphatic rings. The molecule has 5 nitrogen and oxygen atoms in total. The zero-order valence-electron chi connectivity index (χ0n) is 8.65. The molecule has 15 heavy (non-hydrogen) atoms. The van der Waals surface area contributed by atoms with E-state index in [4.69, 9.17) is 0 Å². The summed E-state index contributed by atoms with van der Waals surface area (Å²) < 4.78 is 28.1. The van der Waals surface area contributed by atoms with Crippen molar-refractivity contribution >= 4 is 10.2 Å². The van der Waals surface area contributed by atoms with Gasteiger partial charge < -0.3 is 5.32 Å². The van der Waals surface area contributed by atoms with Crippen LogP contribution in [-0.2, 0) is 10.2 Å². The van der Waals surface area contributed by atoms with Gasteiger partial charge in [0.1, 0.15) is 0 Å². The third-order valence-corrected chi connectivity index (χ3v) is 4.42. The SMILES string of the molecule is O=S(=O)(NC1CC=CC1)N1CCNCC1. The maximum Gasteiger partial charge on any atom is 0.279 e. The Balaban J connectivity index is 1.93. The summed E-state index contributed by atoms with van der Waals surface area (Å²) in [5.41, 5.74) is 0. The summed E-state index contributed by atoms with van der Waals surface area (Å²) in [6.45, 7) is 2.61. The Morgan fingerprint density at radius 1 is 1.20 bits per heavy atom. The molecule has 1 aliphatic heterocycles. The molecule has 0 atom stereocenters.